The van der Waals surface area contributed by atoms with E-state index in [4.69, 9.17) is 0 Å². The van der Waals surface area contributed by atoms with Crippen LogP contribution in [0.15, 0.2) is 30.3 Å². The lowest BCUT2D eigenvalue weighted by molar-refractivity contribution is -0.485. The third-order valence-electron chi connectivity index (χ3n) is 3.01. The van der Waals surface area contributed by atoms with Crippen molar-refractivity contribution in [2.75, 3.05) is 13.7 Å². The summed E-state index contributed by atoms with van der Waals surface area (Å²) in [4.78, 5) is 33.2. The van der Waals surface area contributed by atoms with Gasteiger partial charge in [-0.15, -0.1) is 0 Å². The zero-order valence-corrected chi connectivity index (χ0v) is 11.0. The third kappa shape index (κ3) is 2.98. The number of esters is 1. The van der Waals surface area contributed by atoms with Crippen molar-refractivity contribution in [3.63, 3.8) is 0 Å². The average molecular weight is 283 g/mol. The number of ether oxygens (including phenoxy) is 1. The average Bonchev–Trinajstić information content (AvgIpc) is 2.43. The molecule has 6 nitrogen and oxygen atoms in total. The monoisotopic (exact) mass is 283 g/mol. The number of ketones is 1. The van der Waals surface area contributed by atoms with Crippen LogP contribution in [0, 0.1) is 10.1 Å². The quantitative estimate of drug-likeness (QED) is 0.342. The van der Waals surface area contributed by atoms with E-state index in [0.717, 1.165) is 14.0 Å². The van der Waals surface area contributed by atoms with E-state index in [2.05, 4.69) is 4.74 Å². The van der Waals surface area contributed by atoms with Crippen LogP contribution in [0.5, 0.6) is 0 Å². The van der Waals surface area contributed by atoms with Crippen molar-refractivity contribution >= 4 is 11.8 Å². The number of hydrogen-bond donors (Lipinski definition) is 0. The summed E-state index contributed by atoms with van der Waals surface area (Å²) in [6.45, 7) is -0.0258. The smallest absolute Gasteiger partial charge is 0.352 e. The topological polar surface area (TPSA) is 86.5 Å². The molecule has 0 aliphatic rings. The van der Waals surface area contributed by atoms with Gasteiger partial charge in [0.05, 0.1) is 7.11 Å². The predicted octanol–water partition coefficient (Wildman–Crippen LogP) is 1.52. The highest BCUT2D eigenvalue weighted by molar-refractivity contribution is 6.07. The first-order valence-corrected chi connectivity index (χ1v) is 5.79. The molecule has 1 rings (SSSR count). The van der Waals surface area contributed by atoms with Crippen LogP contribution in [0.4, 0.5) is 4.39 Å². The summed E-state index contributed by atoms with van der Waals surface area (Å²) >= 11 is 0. The van der Waals surface area contributed by atoms with Gasteiger partial charge in [-0.1, -0.05) is 30.3 Å². The fraction of sp³-hybridized carbons (Fsp3) is 0.385. The number of alkyl halides is 1. The Kier molecular flexibility index (Phi) is 4.90. The highest BCUT2D eigenvalue weighted by Crippen LogP contribution is 2.34. The van der Waals surface area contributed by atoms with Gasteiger partial charge in [-0.05, 0) is 12.5 Å². The van der Waals surface area contributed by atoms with E-state index >= 15 is 0 Å². The number of rotatable bonds is 6. The van der Waals surface area contributed by atoms with Gasteiger partial charge in [0.25, 0.3) is 5.67 Å². The number of hydrogen-bond acceptors (Lipinski definition) is 5. The second-order valence-corrected chi connectivity index (χ2v) is 4.24. The van der Waals surface area contributed by atoms with E-state index in [9.17, 15) is 24.1 Å². The van der Waals surface area contributed by atoms with Crippen LogP contribution in [0.3, 0.4) is 0 Å². The van der Waals surface area contributed by atoms with Crippen LogP contribution in [0.2, 0.25) is 0 Å². The van der Waals surface area contributed by atoms with Crippen LogP contribution >= 0.6 is 0 Å². The third-order valence-corrected chi connectivity index (χ3v) is 3.01. The Morgan fingerprint density at radius 1 is 1.40 bits per heavy atom. The molecule has 0 amide bonds. The van der Waals surface area contributed by atoms with Gasteiger partial charge in [0.1, 0.15) is 5.92 Å². The molecule has 20 heavy (non-hydrogen) atoms. The van der Waals surface area contributed by atoms with Crippen LogP contribution < -0.4 is 0 Å². The fourth-order valence-corrected chi connectivity index (χ4v) is 1.98. The highest BCUT2D eigenvalue weighted by atomic mass is 19.1. The first-order valence-electron chi connectivity index (χ1n) is 5.79. The lowest BCUT2D eigenvalue weighted by Crippen LogP contribution is -2.49. The van der Waals surface area contributed by atoms with Gasteiger partial charge < -0.3 is 4.74 Å². The molecule has 0 aromatic heterocycles. The first-order chi connectivity index (χ1) is 9.33. The summed E-state index contributed by atoms with van der Waals surface area (Å²) in [6.07, 6.45) is 0. The Balaban J connectivity index is 3.37. The predicted molar refractivity (Wildman–Crippen MR) is 67.6 cm³/mol. The molecule has 0 N–H and O–H groups in total. The number of carbonyl (C=O) groups excluding carboxylic acids is 2. The van der Waals surface area contributed by atoms with Crippen molar-refractivity contribution in [3.05, 3.63) is 46.0 Å². The summed E-state index contributed by atoms with van der Waals surface area (Å²) in [5.41, 5.74) is -2.89. The van der Waals surface area contributed by atoms with Crippen molar-refractivity contribution in [2.24, 2.45) is 0 Å². The minimum absolute atomic E-state index is 0.187. The maximum Gasteiger partial charge on any atom is 0.352 e. The molecular formula is C13H14FNO5. The van der Waals surface area contributed by atoms with Gasteiger partial charge in [-0.2, -0.15) is 0 Å². The van der Waals surface area contributed by atoms with E-state index in [1.165, 1.54) is 12.1 Å². The molecule has 2 atom stereocenters. The fourth-order valence-electron chi connectivity index (χ4n) is 1.98. The second-order valence-electron chi connectivity index (χ2n) is 4.24. The Morgan fingerprint density at radius 2 is 1.95 bits per heavy atom. The zero-order valence-electron chi connectivity index (χ0n) is 11.0. The number of nitro groups is 1. The Morgan fingerprint density at radius 3 is 2.35 bits per heavy atom. The molecule has 108 valence electrons. The molecule has 0 heterocycles. The minimum Gasteiger partial charge on any atom is -0.466 e. The first kappa shape index (κ1) is 15.7. The number of Topliss-reactive ketones (excluding diaryl/α,β-unsaturated/α-hetero) is 1. The molecular weight excluding hydrogens is 269 g/mol. The van der Waals surface area contributed by atoms with Gasteiger partial charge >= 0.3 is 5.97 Å². The van der Waals surface area contributed by atoms with Crippen LogP contribution in [-0.2, 0) is 14.3 Å². The van der Waals surface area contributed by atoms with Crippen molar-refractivity contribution in [1.29, 1.82) is 0 Å². The van der Waals surface area contributed by atoms with E-state index < -0.39 is 34.8 Å². The molecule has 0 fully saturated rings. The molecule has 0 spiro atoms. The number of nitrogens with zero attached hydrogens (tertiary/aromatic N) is 1. The summed E-state index contributed by atoms with van der Waals surface area (Å²) in [5.74, 6) is -4.09. The molecule has 0 aliphatic carbocycles. The Hall–Kier alpha value is -2.31. The van der Waals surface area contributed by atoms with Crippen LogP contribution in [-0.4, -0.2) is 36.0 Å². The molecule has 0 aliphatic heterocycles. The summed E-state index contributed by atoms with van der Waals surface area (Å²) < 4.78 is 19.2. The molecule has 0 saturated heterocycles. The maximum absolute atomic E-state index is 14.9. The lowest BCUT2D eigenvalue weighted by Gasteiger charge is -2.26. The van der Waals surface area contributed by atoms with E-state index in [1.54, 1.807) is 18.2 Å². The zero-order chi connectivity index (χ0) is 15.3. The molecule has 1 aromatic carbocycles. The summed E-state index contributed by atoms with van der Waals surface area (Å²) in [7, 11) is 0.924. The molecule has 0 saturated carbocycles. The molecule has 1 unspecified atom stereocenters. The number of halogens is 1. The Labute approximate surface area is 114 Å². The normalized spacial score (nSPS) is 14.9. The molecule has 0 bridgehead atoms. The minimum atomic E-state index is -3.08. The number of benzene rings is 1. The largest absolute Gasteiger partial charge is 0.466 e. The maximum atomic E-state index is 14.9. The van der Waals surface area contributed by atoms with E-state index in [-0.39, 0.29) is 5.56 Å². The molecule has 7 heteroatoms. The van der Waals surface area contributed by atoms with Crippen molar-refractivity contribution in [1.82, 2.24) is 0 Å². The van der Waals surface area contributed by atoms with Crippen molar-refractivity contribution < 1.29 is 23.6 Å². The van der Waals surface area contributed by atoms with Gasteiger partial charge in [0.2, 0.25) is 6.54 Å². The van der Waals surface area contributed by atoms with Crippen molar-refractivity contribution in [3.8, 4) is 0 Å². The van der Waals surface area contributed by atoms with Gasteiger partial charge in [-0.25, -0.2) is 9.18 Å². The van der Waals surface area contributed by atoms with Gasteiger partial charge in [0, 0.05) is 4.92 Å². The standard InChI is InChI=1S/C13H14FNO5/c1-9(16)13(14,12(17)20-2)11(8-15(18)19)10-6-4-3-5-7-10/h3-7,11H,8H2,1-2H3/t11-,13?/m1/s1. The number of methoxy groups -OCH3 is 1. The highest BCUT2D eigenvalue weighted by Gasteiger charge is 2.55. The van der Waals surface area contributed by atoms with Gasteiger partial charge in [0.15, 0.2) is 5.78 Å². The van der Waals surface area contributed by atoms with Gasteiger partial charge in [-0.3, -0.25) is 14.9 Å². The summed E-state index contributed by atoms with van der Waals surface area (Å²) in [6, 6.07) is 7.57. The Bertz CT molecular complexity index is 519. The summed E-state index contributed by atoms with van der Waals surface area (Å²) in [5, 5.41) is 10.7. The molecule has 0 radical (unpaired) electrons. The number of carbonyl (C=O) groups is 2. The van der Waals surface area contributed by atoms with Crippen LogP contribution in [0.1, 0.15) is 18.4 Å². The lowest BCUT2D eigenvalue weighted by atomic mass is 9.81. The van der Waals surface area contributed by atoms with Crippen molar-refractivity contribution in [2.45, 2.75) is 18.5 Å². The second kappa shape index (κ2) is 6.23. The van der Waals surface area contributed by atoms with E-state index in [1.807, 2.05) is 0 Å². The SMILES string of the molecule is COC(=O)C(F)(C(C)=O)[C@H](C[N+](=O)[O-])c1ccccc1. The van der Waals surface area contributed by atoms with E-state index in [0.29, 0.717) is 0 Å². The molecule has 1 aromatic rings. The van der Waals surface area contributed by atoms with Crippen LogP contribution in [0.25, 0.3) is 0 Å².